The highest BCUT2D eigenvalue weighted by molar-refractivity contribution is 6.06. The van der Waals surface area contributed by atoms with Crippen LogP contribution in [0.15, 0.2) is 52.7 Å². The average molecular weight is 385 g/mol. The first-order chi connectivity index (χ1) is 13.4. The van der Waals surface area contributed by atoms with Gasteiger partial charge in [0.2, 0.25) is 0 Å². The van der Waals surface area contributed by atoms with Gasteiger partial charge in [0.05, 0.1) is 25.2 Å². The third-order valence-corrected chi connectivity index (χ3v) is 3.90. The van der Waals surface area contributed by atoms with Crippen LogP contribution in [0.4, 0.5) is 11.4 Å². The molecule has 0 aliphatic heterocycles. The lowest BCUT2D eigenvalue weighted by molar-refractivity contribution is -0.384. The fourth-order valence-electron chi connectivity index (χ4n) is 2.49. The summed E-state index contributed by atoms with van der Waals surface area (Å²) in [5, 5.41) is 18.6. The Kier molecular flexibility index (Phi) is 6.91. The fourth-order valence-corrected chi connectivity index (χ4v) is 2.49. The van der Waals surface area contributed by atoms with E-state index in [1.54, 1.807) is 24.3 Å². The summed E-state index contributed by atoms with van der Waals surface area (Å²) in [5.41, 5.74) is 0.625. The number of carbonyl (C=O) groups excluding carboxylic acids is 2. The zero-order chi connectivity index (χ0) is 20.7. The van der Waals surface area contributed by atoms with Gasteiger partial charge in [-0.05, 0) is 19.1 Å². The molecule has 0 saturated heterocycles. The monoisotopic (exact) mass is 385 g/mol. The van der Waals surface area contributed by atoms with E-state index < -0.39 is 22.5 Å². The zero-order valence-corrected chi connectivity index (χ0v) is 15.6. The van der Waals surface area contributed by atoms with Gasteiger partial charge in [-0.1, -0.05) is 18.2 Å². The number of para-hydroxylation sites is 1. The third-order valence-electron chi connectivity index (χ3n) is 3.90. The Bertz CT molecular complexity index is 926. The van der Waals surface area contributed by atoms with Crippen LogP contribution in [0.5, 0.6) is 11.5 Å². The molecule has 0 radical (unpaired) electrons. The molecule has 2 aromatic carbocycles. The van der Waals surface area contributed by atoms with E-state index in [1.165, 1.54) is 39.3 Å². The number of methoxy groups -OCH3 is 2. The van der Waals surface area contributed by atoms with Crippen LogP contribution in [0.3, 0.4) is 0 Å². The molecule has 1 unspecified atom stereocenters. The number of Topliss-reactive ketones (excluding diaryl/α,β-unsaturated/α-hetero) is 2. The van der Waals surface area contributed by atoms with Gasteiger partial charge in [-0.3, -0.25) is 19.7 Å². The number of non-ortho nitro benzene ring substituents is 1. The quantitative estimate of drug-likeness (QED) is 0.282. The maximum Gasteiger partial charge on any atom is 0.273 e. The molecule has 9 nitrogen and oxygen atoms in total. The highest BCUT2D eigenvalue weighted by atomic mass is 16.6. The van der Waals surface area contributed by atoms with Crippen LogP contribution < -0.4 is 9.47 Å². The molecular weight excluding hydrogens is 366 g/mol. The number of nitro groups is 1. The molecule has 0 aliphatic carbocycles. The Morgan fingerprint density at radius 1 is 1.11 bits per heavy atom. The van der Waals surface area contributed by atoms with Crippen LogP contribution in [0.25, 0.3) is 0 Å². The minimum Gasteiger partial charge on any atom is -0.496 e. The van der Waals surface area contributed by atoms with Crippen molar-refractivity contribution in [2.24, 2.45) is 10.2 Å². The highest BCUT2D eigenvalue weighted by Gasteiger charge is 2.24. The number of ether oxygens (including phenoxy) is 2. The van der Waals surface area contributed by atoms with E-state index in [-0.39, 0.29) is 23.5 Å². The molecule has 146 valence electrons. The maximum atomic E-state index is 12.6. The Labute approximate surface area is 161 Å². The molecule has 9 heteroatoms. The van der Waals surface area contributed by atoms with Gasteiger partial charge in [-0.2, -0.15) is 10.2 Å². The van der Waals surface area contributed by atoms with Crippen molar-refractivity contribution in [2.75, 3.05) is 14.2 Å². The summed E-state index contributed by atoms with van der Waals surface area (Å²) in [5.74, 6) is -0.268. The van der Waals surface area contributed by atoms with E-state index >= 15 is 0 Å². The van der Waals surface area contributed by atoms with E-state index in [1.807, 2.05) is 0 Å². The van der Waals surface area contributed by atoms with Crippen LogP contribution in [-0.4, -0.2) is 36.8 Å². The number of carbonyl (C=O) groups is 2. The van der Waals surface area contributed by atoms with Crippen molar-refractivity contribution in [1.29, 1.82) is 0 Å². The summed E-state index contributed by atoms with van der Waals surface area (Å²) in [6.07, 6.45) is -0.0509. The molecule has 2 rings (SSSR count). The summed E-state index contributed by atoms with van der Waals surface area (Å²) in [6, 6.07) is 9.43. The molecule has 0 aliphatic rings. The number of hydrogen-bond donors (Lipinski definition) is 0. The van der Waals surface area contributed by atoms with Crippen molar-refractivity contribution >= 4 is 22.9 Å². The normalized spacial score (nSPS) is 11.8. The van der Waals surface area contributed by atoms with Gasteiger partial charge in [0.1, 0.15) is 11.4 Å². The number of ketones is 2. The Balaban J connectivity index is 2.26. The number of nitrogens with zero attached hydrogens (tertiary/aromatic N) is 3. The Morgan fingerprint density at radius 3 is 2.39 bits per heavy atom. The van der Waals surface area contributed by atoms with E-state index in [9.17, 15) is 19.7 Å². The summed E-state index contributed by atoms with van der Waals surface area (Å²) >= 11 is 0. The molecule has 0 N–H and O–H groups in total. The molecule has 0 saturated carbocycles. The van der Waals surface area contributed by atoms with Crippen LogP contribution in [0.2, 0.25) is 0 Å². The molecule has 0 bridgehead atoms. The molecule has 2 aromatic rings. The lowest BCUT2D eigenvalue weighted by atomic mass is 10.0. The first-order valence-corrected chi connectivity index (χ1v) is 8.25. The zero-order valence-electron chi connectivity index (χ0n) is 15.6. The molecule has 0 aromatic heterocycles. The van der Waals surface area contributed by atoms with Gasteiger partial charge >= 0.3 is 0 Å². The van der Waals surface area contributed by atoms with Crippen molar-refractivity contribution in [3.8, 4) is 11.5 Å². The second kappa shape index (κ2) is 9.36. The smallest absolute Gasteiger partial charge is 0.273 e. The summed E-state index contributed by atoms with van der Waals surface area (Å²) in [6.45, 7) is 1.25. The predicted octanol–water partition coefficient (Wildman–Crippen LogP) is 3.47. The van der Waals surface area contributed by atoms with Crippen molar-refractivity contribution in [2.45, 2.75) is 19.4 Å². The van der Waals surface area contributed by atoms with Gasteiger partial charge in [0.15, 0.2) is 23.4 Å². The molecule has 0 fully saturated rings. The molecule has 0 amide bonds. The molecule has 0 spiro atoms. The first kappa shape index (κ1) is 20.7. The van der Waals surface area contributed by atoms with Crippen LogP contribution in [0, 0.1) is 10.1 Å². The second-order valence-electron chi connectivity index (χ2n) is 5.80. The minimum absolute atomic E-state index is 0.0509. The van der Waals surface area contributed by atoms with E-state index in [4.69, 9.17) is 9.47 Å². The van der Waals surface area contributed by atoms with Crippen molar-refractivity contribution in [3.05, 3.63) is 58.1 Å². The Hall–Kier alpha value is -3.62. The van der Waals surface area contributed by atoms with Gasteiger partial charge in [-0.25, -0.2) is 0 Å². The van der Waals surface area contributed by atoms with Crippen molar-refractivity contribution < 1.29 is 24.0 Å². The van der Waals surface area contributed by atoms with E-state index in [0.29, 0.717) is 11.3 Å². The number of benzene rings is 2. The highest BCUT2D eigenvalue weighted by Crippen LogP contribution is 2.32. The summed E-state index contributed by atoms with van der Waals surface area (Å²) in [7, 11) is 2.82. The van der Waals surface area contributed by atoms with Gasteiger partial charge in [0, 0.05) is 18.1 Å². The second-order valence-corrected chi connectivity index (χ2v) is 5.80. The van der Waals surface area contributed by atoms with E-state index in [0.717, 1.165) is 0 Å². The number of rotatable bonds is 9. The van der Waals surface area contributed by atoms with E-state index in [2.05, 4.69) is 10.2 Å². The predicted molar refractivity (Wildman–Crippen MR) is 100 cm³/mol. The van der Waals surface area contributed by atoms with Gasteiger partial charge < -0.3 is 9.47 Å². The van der Waals surface area contributed by atoms with Gasteiger partial charge in [0.25, 0.3) is 5.69 Å². The lowest BCUT2D eigenvalue weighted by Crippen LogP contribution is -2.27. The van der Waals surface area contributed by atoms with Crippen LogP contribution in [-0.2, 0) is 16.0 Å². The number of azo groups is 1. The minimum atomic E-state index is -1.30. The number of nitro benzene ring substituents is 1. The molecular formula is C19H19N3O6. The molecule has 28 heavy (non-hydrogen) atoms. The lowest BCUT2D eigenvalue weighted by Gasteiger charge is -2.10. The first-order valence-electron chi connectivity index (χ1n) is 8.25. The molecule has 1 atom stereocenters. The topological polar surface area (TPSA) is 120 Å². The van der Waals surface area contributed by atoms with Gasteiger partial charge in [-0.15, -0.1) is 0 Å². The summed E-state index contributed by atoms with van der Waals surface area (Å²) < 4.78 is 10.3. The van der Waals surface area contributed by atoms with Crippen LogP contribution in [0.1, 0.15) is 12.5 Å². The molecule has 0 heterocycles. The van der Waals surface area contributed by atoms with Crippen LogP contribution >= 0.6 is 0 Å². The van der Waals surface area contributed by atoms with Crippen molar-refractivity contribution in [1.82, 2.24) is 0 Å². The summed E-state index contributed by atoms with van der Waals surface area (Å²) in [4.78, 5) is 34.8. The largest absolute Gasteiger partial charge is 0.496 e. The fraction of sp³-hybridized carbons (Fsp3) is 0.263. The van der Waals surface area contributed by atoms with Crippen molar-refractivity contribution in [3.63, 3.8) is 0 Å². The SMILES string of the molecule is COc1ccccc1CC(=O)C(N=Nc1ccc([N+](=O)[O-])cc1OC)C(C)=O. The number of hydrogen-bond acceptors (Lipinski definition) is 8. The maximum absolute atomic E-state index is 12.6. The third kappa shape index (κ3) is 4.97. The standard InChI is InChI=1S/C19H19N3O6/c1-12(23)19(16(24)10-13-6-4-5-7-17(13)27-2)21-20-15-9-8-14(22(25)26)11-18(15)28-3/h4-9,11,19H,10H2,1-3H3. The average Bonchev–Trinajstić information content (AvgIpc) is 2.68. The Morgan fingerprint density at radius 2 is 1.79 bits per heavy atom.